The van der Waals surface area contributed by atoms with E-state index in [1.54, 1.807) is 12.3 Å². The third-order valence-electron chi connectivity index (χ3n) is 2.63. The van der Waals surface area contributed by atoms with Crippen LogP contribution in [0.15, 0.2) is 18.3 Å². The number of aromatic nitrogens is 1. The Morgan fingerprint density at radius 3 is 2.62 bits per heavy atom. The summed E-state index contributed by atoms with van der Waals surface area (Å²) in [6, 6.07) is 3.43. The molecule has 0 atom stereocenters. The molecule has 0 aliphatic carbocycles. The number of ether oxygens (including phenoxy) is 1. The van der Waals surface area contributed by atoms with Crippen LogP contribution in [0.2, 0.25) is 0 Å². The fourth-order valence-electron chi connectivity index (χ4n) is 1.86. The average molecular weight is 222 g/mol. The van der Waals surface area contributed by atoms with Crippen LogP contribution in [0.4, 0.5) is 10.5 Å². The number of hydrogen-bond donors (Lipinski definition) is 1. The predicted octanol–water partition coefficient (Wildman–Crippen LogP) is 2.13. The average Bonchev–Trinajstić information content (AvgIpc) is 2.30. The van der Waals surface area contributed by atoms with Crippen LogP contribution in [0.25, 0.3) is 0 Å². The van der Waals surface area contributed by atoms with Gasteiger partial charge in [-0.05, 0) is 25.3 Å². The van der Waals surface area contributed by atoms with Gasteiger partial charge in [0.1, 0.15) is 0 Å². The normalized spacial score (nSPS) is 15.9. The zero-order valence-electron chi connectivity index (χ0n) is 8.93. The quantitative estimate of drug-likeness (QED) is 0.776. The van der Waals surface area contributed by atoms with E-state index in [1.165, 1.54) is 19.3 Å². The van der Waals surface area contributed by atoms with E-state index in [4.69, 9.17) is 5.11 Å². The van der Waals surface area contributed by atoms with E-state index in [1.807, 2.05) is 6.07 Å². The molecular formula is C11H14N2O3. The van der Waals surface area contributed by atoms with Gasteiger partial charge < -0.3 is 14.7 Å². The van der Waals surface area contributed by atoms with Crippen LogP contribution in [-0.4, -0.2) is 29.3 Å². The molecule has 1 fully saturated rings. The van der Waals surface area contributed by atoms with E-state index >= 15 is 0 Å². The summed E-state index contributed by atoms with van der Waals surface area (Å²) in [5.41, 5.74) is 1.03. The van der Waals surface area contributed by atoms with Crippen molar-refractivity contribution in [3.63, 3.8) is 0 Å². The summed E-state index contributed by atoms with van der Waals surface area (Å²) in [5, 5.41) is 8.41. The first-order chi connectivity index (χ1) is 7.75. The highest BCUT2D eigenvalue weighted by molar-refractivity contribution is 5.60. The fourth-order valence-corrected chi connectivity index (χ4v) is 1.86. The molecule has 1 aromatic rings. The summed E-state index contributed by atoms with van der Waals surface area (Å²) in [4.78, 5) is 16.5. The molecule has 1 saturated heterocycles. The van der Waals surface area contributed by atoms with Crippen LogP contribution >= 0.6 is 0 Å². The van der Waals surface area contributed by atoms with Gasteiger partial charge in [0, 0.05) is 19.2 Å². The van der Waals surface area contributed by atoms with Gasteiger partial charge >= 0.3 is 6.16 Å². The van der Waals surface area contributed by atoms with Crippen molar-refractivity contribution in [1.29, 1.82) is 0 Å². The minimum atomic E-state index is -1.33. The Bertz CT molecular complexity index is 358. The first kappa shape index (κ1) is 10.7. The maximum absolute atomic E-state index is 10.3. The second-order valence-electron chi connectivity index (χ2n) is 3.77. The highest BCUT2D eigenvalue weighted by Crippen LogP contribution is 2.20. The molecule has 0 amide bonds. The highest BCUT2D eigenvalue weighted by atomic mass is 16.7. The number of carbonyl (C=O) groups is 1. The minimum Gasteiger partial charge on any atom is -0.449 e. The van der Waals surface area contributed by atoms with E-state index in [0.717, 1.165) is 18.8 Å². The number of piperidine rings is 1. The number of hydrogen-bond acceptors (Lipinski definition) is 4. The molecular weight excluding hydrogens is 208 g/mol. The van der Waals surface area contributed by atoms with Gasteiger partial charge in [0.25, 0.3) is 0 Å². The molecule has 1 aromatic heterocycles. The van der Waals surface area contributed by atoms with Crippen LogP contribution in [0.1, 0.15) is 19.3 Å². The summed E-state index contributed by atoms with van der Waals surface area (Å²) >= 11 is 0. The van der Waals surface area contributed by atoms with Crippen molar-refractivity contribution >= 4 is 11.8 Å². The van der Waals surface area contributed by atoms with Gasteiger partial charge in [-0.2, -0.15) is 0 Å². The summed E-state index contributed by atoms with van der Waals surface area (Å²) in [6.07, 6.45) is 4.01. The molecule has 0 radical (unpaired) electrons. The topological polar surface area (TPSA) is 62.7 Å². The molecule has 5 heteroatoms. The molecule has 0 aromatic carbocycles. The zero-order valence-corrected chi connectivity index (χ0v) is 8.93. The molecule has 0 unspecified atom stereocenters. The lowest BCUT2D eigenvalue weighted by Gasteiger charge is -2.28. The van der Waals surface area contributed by atoms with Gasteiger partial charge in [-0.3, -0.25) is 0 Å². The lowest BCUT2D eigenvalue weighted by atomic mass is 10.1. The Hall–Kier alpha value is -1.78. The first-order valence-corrected chi connectivity index (χ1v) is 5.37. The van der Waals surface area contributed by atoms with Crippen molar-refractivity contribution in [3.8, 4) is 5.88 Å². The Balaban J connectivity index is 2.03. The molecule has 1 aliphatic heterocycles. The van der Waals surface area contributed by atoms with E-state index < -0.39 is 6.16 Å². The smallest absolute Gasteiger partial charge is 0.449 e. The standard InChI is InChI=1S/C11H14N2O3/c14-11(15)16-10-5-4-9(8-12-10)13-6-2-1-3-7-13/h4-5,8H,1-3,6-7H2,(H,14,15). The molecule has 5 nitrogen and oxygen atoms in total. The number of nitrogens with zero attached hydrogens (tertiary/aromatic N) is 2. The molecule has 16 heavy (non-hydrogen) atoms. The van der Waals surface area contributed by atoms with Crippen LogP contribution in [-0.2, 0) is 0 Å². The summed E-state index contributed by atoms with van der Waals surface area (Å²) < 4.78 is 4.44. The van der Waals surface area contributed by atoms with Gasteiger partial charge in [0.2, 0.25) is 5.88 Å². The van der Waals surface area contributed by atoms with E-state index in [0.29, 0.717) is 0 Å². The third-order valence-corrected chi connectivity index (χ3v) is 2.63. The van der Waals surface area contributed by atoms with Crippen molar-refractivity contribution in [2.24, 2.45) is 0 Å². The van der Waals surface area contributed by atoms with Crippen molar-refractivity contribution in [3.05, 3.63) is 18.3 Å². The van der Waals surface area contributed by atoms with Crippen LogP contribution in [0, 0.1) is 0 Å². The van der Waals surface area contributed by atoms with E-state index in [-0.39, 0.29) is 5.88 Å². The SMILES string of the molecule is O=C(O)Oc1ccc(N2CCCCC2)cn1. The molecule has 1 N–H and O–H groups in total. The molecule has 1 aliphatic rings. The van der Waals surface area contributed by atoms with Crippen molar-refractivity contribution in [2.45, 2.75) is 19.3 Å². The lowest BCUT2D eigenvalue weighted by Crippen LogP contribution is -2.29. The van der Waals surface area contributed by atoms with E-state index in [2.05, 4.69) is 14.6 Å². The largest absolute Gasteiger partial charge is 0.512 e. The minimum absolute atomic E-state index is 0.119. The number of rotatable bonds is 2. The summed E-state index contributed by atoms with van der Waals surface area (Å²) in [5.74, 6) is 0.119. The van der Waals surface area contributed by atoms with Gasteiger partial charge in [-0.15, -0.1) is 0 Å². The lowest BCUT2D eigenvalue weighted by molar-refractivity contribution is 0.142. The van der Waals surface area contributed by atoms with Crippen LogP contribution < -0.4 is 9.64 Å². The first-order valence-electron chi connectivity index (χ1n) is 5.37. The summed E-state index contributed by atoms with van der Waals surface area (Å²) in [6.45, 7) is 2.08. The van der Waals surface area contributed by atoms with E-state index in [9.17, 15) is 4.79 Å². The summed E-state index contributed by atoms with van der Waals surface area (Å²) in [7, 11) is 0. The fraction of sp³-hybridized carbons (Fsp3) is 0.455. The zero-order chi connectivity index (χ0) is 11.4. The van der Waals surface area contributed by atoms with Gasteiger partial charge in [0.15, 0.2) is 0 Å². The monoisotopic (exact) mass is 222 g/mol. The Kier molecular flexibility index (Phi) is 3.24. The second kappa shape index (κ2) is 4.83. The van der Waals surface area contributed by atoms with Gasteiger partial charge in [0.05, 0.1) is 11.9 Å². The molecule has 0 saturated carbocycles. The van der Waals surface area contributed by atoms with Crippen LogP contribution in [0.5, 0.6) is 5.88 Å². The maximum Gasteiger partial charge on any atom is 0.512 e. The molecule has 0 spiro atoms. The molecule has 2 rings (SSSR count). The maximum atomic E-state index is 10.3. The second-order valence-corrected chi connectivity index (χ2v) is 3.77. The Morgan fingerprint density at radius 2 is 2.06 bits per heavy atom. The number of pyridine rings is 1. The third kappa shape index (κ3) is 2.62. The Morgan fingerprint density at radius 1 is 1.31 bits per heavy atom. The molecule has 0 bridgehead atoms. The molecule has 86 valence electrons. The molecule has 2 heterocycles. The van der Waals surface area contributed by atoms with Gasteiger partial charge in [-0.25, -0.2) is 9.78 Å². The number of carboxylic acid groups (broad SMARTS) is 1. The van der Waals surface area contributed by atoms with Crippen molar-refractivity contribution in [2.75, 3.05) is 18.0 Å². The number of anilines is 1. The van der Waals surface area contributed by atoms with Crippen LogP contribution in [0.3, 0.4) is 0 Å². The predicted molar refractivity (Wildman–Crippen MR) is 59.0 cm³/mol. The highest BCUT2D eigenvalue weighted by Gasteiger charge is 2.11. The van der Waals surface area contributed by atoms with Crippen molar-refractivity contribution in [1.82, 2.24) is 4.98 Å². The van der Waals surface area contributed by atoms with Crippen molar-refractivity contribution < 1.29 is 14.6 Å². The van der Waals surface area contributed by atoms with Gasteiger partial charge in [-0.1, -0.05) is 0 Å². The Labute approximate surface area is 93.7 Å².